The fourth-order valence-corrected chi connectivity index (χ4v) is 3.09. The molecule has 0 aromatic carbocycles. The van der Waals surface area contributed by atoms with Crippen molar-refractivity contribution in [3.63, 3.8) is 0 Å². The molecule has 1 aliphatic rings. The number of halogens is 4. The highest BCUT2D eigenvalue weighted by molar-refractivity contribution is 5.55. The molecule has 0 radical (unpaired) electrons. The second kappa shape index (κ2) is 6.73. The lowest BCUT2D eigenvalue weighted by atomic mass is 10.2. The average Bonchev–Trinajstić information content (AvgIpc) is 3.05. The van der Waals surface area contributed by atoms with E-state index < -0.39 is 17.7 Å². The van der Waals surface area contributed by atoms with Crippen LogP contribution in [0, 0.1) is 5.82 Å². The molecule has 0 atom stereocenters. The van der Waals surface area contributed by atoms with Crippen LogP contribution in [0.1, 0.15) is 17.0 Å². The van der Waals surface area contributed by atoms with Gasteiger partial charge in [0.05, 0.1) is 12.2 Å². The van der Waals surface area contributed by atoms with Gasteiger partial charge in [-0.15, -0.1) is 0 Å². The van der Waals surface area contributed by atoms with E-state index in [1.165, 1.54) is 30.6 Å². The third-order valence-electron chi connectivity index (χ3n) is 4.40. The largest absolute Gasteiger partial charge is 0.433 e. The van der Waals surface area contributed by atoms with E-state index in [0.717, 1.165) is 11.8 Å². The molecule has 0 saturated carbocycles. The summed E-state index contributed by atoms with van der Waals surface area (Å²) in [6.07, 6.45) is -1.67. The normalized spacial score (nSPS) is 15.0. The highest BCUT2D eigenvalue weighted by atomic mass is 19.4. The summed E-state index contributed by atoms with van der Waals surface area (Å²) in [5.41, 5.74) is 1.39. The molecule has 0 N–H and O–H groups in total. The fourth-order valence-electron chi connectivity index (χ4n) is 3.09. The van der Waals surface area contributed by atoms with Gasteiger partial charge in [0.15, 0.2) is 5.82 Å². The average molecular weight is 377 g/mol. The van der Waals surface area contributed by atoms with E-state index in [9.17, 15) is 17.6 Å². The number of nitrogens with zero attached hydrogens (tertiary/aromatic N) is 5. The lowest BCUT2D eigenvalue weighted by Gasteiger charge is -2.27. The zero-order valence-corrected chi connectivity index (χ0v) is 14.1. The summed E-state index contributed by atoms with van der Waals surface area (Å²) >= 11 is 0. The first-order valence-corrected chi connectivity index (χ1v) is 8.32. The standard InChI is InChI=1S/C18H15F4N5/c19-14-2-1-5-23-17(14)15-8-13-11-26(6-7-27(13)25-15)10-12-3-4-16(24-9-12)18(20,21)22/h1-5,8-9H,6-7,10-11H2. The molecule has 0 aliphatic carbocycles. The van der Waals surface area contributed by atoms with Crippen molar-refractivity contribution in [1.82, 2.24) is 24.6 Å². The minimum absolute atomic E-state index is 0.206. The molecule has 0 bridgehead atoms. The Bertz CT molecular complexity index is 949. The van der Waals surface area contributed by atoms with Crippen LogP contribution in [0.2, 0.25) is 0 Å². The zero-order chi connectivity index (χ0) is 19.0. The molecule has 3 aromatic heterocycles. The smallest absolute Gasteiger partial charge is 0.291 e. The minimum Gasteiger partial charge on any atom is -0.291 e. The quantitative estimate of drug-likeness (QED) is 0.656. The summed E-state index contributed by atoms with van der Waals surface area (Å²) in [6, 6.07) is 7.09. The first kappa shape index (κ1) is 17.6. The van der Waals surface area contributed by atoms with Crippen molar-refractivity contribution in [3.05, 3.63) is 65.5 Å². The molecule has 0 amide bonds. The van der Waals surface area contributed by atoms with Crippen LogP contribution < -0.4 is 0 Å². The van der Waals surface area contributed by atoms with Gasteiger partial charge in [0.1, 0.15) is 17.1 Å². The molecule has 0 spiro atoms. The molecule has 1 aliphatic heterocycles. The van der Waals surface area contributed by atoms with E-state index >= 15 is 0 Å². The lowest BCUT2D eigenvalue weighted by Crippen LogP contribution is -2.33. The summed E-state index contributed by atoms with van der Waals surface area (Å²) in [4.78, 5) is 9.62. The van der Waals surface area contributed by atoms with Gasteiger partial charge in [0.2, 0.25) is 0 Å². The number of hydrogen-bond acceptors (Lipinski definition) is 4. The van der Waals surface area contributed by atoms with E-state index in [1.54, 1.807) is 6.07 Å². The van der Waals surface area contributed by atoms with Crippen molar-refractivity contribution in [1.29, 1.82) is 0 Å². The molecule has 4 rings (SSSR count). The summed E-state index contributed by atoms with van der Waals surface area (Å²) in [7, 11) is 0. The monoisotopic (exact) mass is 377 g/mol. The molecule has 9 heteroatoms. The van der Waals surface area contributed by atoms with Crippen LogP contribution in [0.3, 0.4) is 0 Å². The van der Waals surface area contributed by atoms with Gasteiger partial charge < -0.3 is 0 Å². The molecule has 0 fully saturated rings. The minimum atomic E-state index is -4.44. The third kappa shape index (κ3) is 3.68. The molecule has 0 unspecified atom stereocenters. The maximum Gasteiger partial charge on any atom is 0.433 e. The van der Waals surface area contributed by atoms with Crippen molar-refractivity contribution < 1.29 is 17.6 Å². The Balaban J connectivity index is 1.48. The molecule has 0 saturated heterocycles. The summed E-state index contributed by atoms with van der Waals surface area (Å²) in [6.45, 7) is 2.32. The Morgan fingerprint density at radius 3 is 2.63 bits per heavy atom. The van der Waals surface area contributed by atoms with Crippen LogP contribution in [0.4, 0.5) is 17.6 Å². The highest BCUT2D eigenvalue weighted by Gasteiger charge is 2.32. The van der Waals surface area contributed by atoms with Crippen LogP contribution in [0.25, 0.3) is 11.4 Å². The van der Waals surface area contributed by atoms with Gasteiger partial charge in [0, 0.05) is 32.0 Å². The van der Waals surface area contributed by atoms with Gasteiger partial charge in [-0.1, -0.05) is 6.07 Å². The van der Waals surface area contributed by atoms with Crippen molar-refractivity contribution in [2.75, 3.05) is 6.54 Å². The van der Waals surface area contributed by atoms with Crippen LogP contribution in [-0.4, -0.2) is 31.2 Å². The molecular weight excluding hydrogens is 362 g/mol. The second-order valence-electron chi connectivity index (χ2n) is 6.34. The first-order chi connectivity index (χ1) is 12.9. The van der Waals surface area contributed by atoms with Crippen LogP contribution in [0.15, 0.2) is 42.7 Å². The van der Waals surface area contributed by atoms with Crippen LogP contribution in [0.5, 0.6) is 0 Å². The number of aromatic nitrogens is 4. The third-order valence-corrected chi connectivity index (χ3v) is 4.40. The SMILES string of the molecule is Fc1cccnc1-c1cc2n(n1)CCN(Cc1ccc(C(F)(F)F)nc1)C2. The van der Waals surface area contributed by atoms with Crippen molar-refractivity contribution in [2.45, 2.75) is 25.8 Å². The number of hydrogen-bond donors (Lipinski definition) is 0. The maximum atomic E-state index is 13.9. The van der Waals surface area contributed by atoms with E-state index in [0.29, 0.717) is 37.4 Å². The summed E-state index contributed by atoms with van der Waals surface area (Å²) in [5, 5.41) is 4.41. The Kier molecular flexibility index (Phi) is 4.39. The number of pyridine rings is 2. The van der Waals surface area contributed by atoms with Crippen molar-refractivity contribution in [3.8, 4) is 11.4 Å². The maximum absolute atomic E-state index is 13.9. The Morgan fingerprint density at radius 1 is 1.07 bits per heavy atom. The number of alkyl halides is 3. The number of fused-ring (bicyclic) bond motifs is 1. The Hall–Kier alpha value is -2.81. The fraction of sp³-hybridized carbons (Fsp3) is 0.278. The van der Waals surface area contributed by atoms with Gasteiger partial charge >= 0.3 is 6.18 Å². The number of rotatable bonds is 3. The van der Waals surface area contributed by atoms with Gasteiger partial charge in [-0.05, 0) is 29.8 Å². The van der Waals surface area contributed by atoms with Crippen molar-refractivity contribution >= 4 is 0 Å². The van der Waals surface area contributed by atoms with E-state index in [4.69, 9.17) is 0 Å². The molecule has 3 aromatic rings. The van der Waals surface area contributed by atoms with Gasteiger partial charge in [-0.3, -0.25) is 19.5 Å². The van der Waals surface area contributed by atoms with Gasteiger partial charge in [0.25, 0.3) is 0 Å². The molecule has 4 heterocycles. The van der Waals surface area contributed by atoms with E-state index in [2.05, 4.69) is 20.0 Å². The van der Waals surface area contributed by atoms with Crippen LogP contribution >= 0.6 is 0 Å². The summed E-state index contributed by atoms with van der Waals surface area (Å²) in [5.74, 6) is -0.430. The second-order valence-corrected chi connectivity index (χ2v) is 6.34. The molecular formula is C18H15F4N5. The predicted octanol–water partition coefficient (Wildman–Crippen LogP) is 3.51. The zero-order valence-electron chi connectivity index (χ0n) is 14.1. The predicted molar refractivity (Wildman–Crippen MR) is 88.8 cm³/mol. The van der Waals surface area contributed by atoms with Gasteiger partial charge in [-0.2, -0.15) is 18.3 Å². The summed E-state index contributed by atoms with van der Waals surface area (Å²) < 4.78 is 53.5. The van der Waals surface area contributed by atoms with Gasteiger partial charge in [-0.25, -0.2) is 4.39 Å². The molecule has 140 valence electrons. The molecule has 27 heavy (non-hydrogen) atoms. The first-order valence-electron chi connectivity index (χ1n) is 8.32. The van der Waals surface area contributed by atoms with E-state index in [-0.39, 0.29) is 5.69 Å². The van der Waals surface area contributed by atoms with E-state index in [1.807, 2.05) is 4.68 Å². The van der Waals surface area contributed by atoms with Crippen LogP contribution in [-0.2, 0) is 25.8 Å². The highest BCUT2D eigenvalue weighted by Crippen LogP contribution is 2.28. The molecule has 5 nitrogen and oxygen atoms in total. The topological polar surface area (TPSA) is 46.8 Å². The lowest BCUT2D eigenvalue weighted by molar-refractivity contribution is -0.141. The Morgan fingerprint density at radius 2 is 1.93 bits per heavy atom. The van der Waals surface area contributed by atoms with Crippen molar-refractivity contribution in [2.24, 2.45) is 0 Å². The Labute approximate surface area is 152 Å².